The maximum Gasteiger partial charge on any atom is 0.308 e. The predicted molar refractivity (Wildman–Crippen MR) is 155 cm³/mol. The Hall–Kier alpha value is -3.50. The summed E-state index contributed by atoms with van der Waals surface area (Å²) in [6.45, 7) is 11.9. The molecule has 0 fully saturated rings. The molecule has 5 nitrogen and oxygen atoms in total. The molecule has 6 heteroatoms. The van der Waals surface area contributed by atoms with Gasteiger partial charge in [0.25, 0.3) is 0 Å². The maximum atomic E-state index is 10.3. The largest absolute Gasteiger partial charge is 0.469 e. The molecule has 3 aromatic carbocycles. The van der Waals surface area contributed by atoms with Crippen LogP contribution in [0.25, 0.3) is 5.76 Å². The van der Waals surface area contributed by atoms with Crippen molar-refractivity contribution in [3.8, 4) is 0 Å². The van der Waals surface area contributed by atoms with E-state index in [1.807, 2.05) is 42.5 Å². The number of ether oxygens (including phenoxy) is 2. The quantitative estimate of drug-likeness (QED) is 0.186. The van der Waals surface area contributed by atoms with E-state index in [0.29, 0.717) is 5.90 Å². The molecule has 0 N–H and O–H groups in total. The molecule has 4 rings (SSSR count). The van der Waals surface area contributed by atoms with Gasteiger partial charge in [-0.15, -0.1) is 0 Å². The van der Waals surface area contributed by atoms with E-state index in [2.05, 4.69) is 62.8 Å². The minimum atomic E-state index is -0.153. The molecule has 0 saturated carbocycles. The van der Waals surface area contributed by atoms with Gasteiger partial charge in [0, 0.05) is 28.1 Å². The summed E-state index contributed by atoms with van der Waals surface area (Å²) in [4.78, 5) is 20.1. The van der Waals surface area contributed by atoms with Gasteiger partial charge in [-0.2, -0.15) is 0 Å². The fourth-order valence-corrected chi connectivity index (χ4v) is 3.70. The summed E-state index contributed by atoms with van der Waals surface area (Å²) in [5.74, 6) is 1.15. The molecule has 0 bridgehead atoms. The van der Waals surface area contributed by atoms with Crippen molar-refractivity contribution in [3.63, 3.8) is 0 Å². The zero-order valence-electron chi connectivity index (χ0n) is 23.4. The van der Waals surface area contributed by atoms with Crippen molar-refractivity contribution >= 4 is 34.7 Å². The van der Waals surface area contributed by atoms with Crippen LogP contribution in [0.1, 0.15) is 41.7 Å². The van der Waals surface area contributed by atoms with Crippen molar-refractivity contribution in [2.24, 2.45) is 15.9 Å². The van der Waals surface area contributed by atoms with Crippen molar-refractivity contribution < 1.29 is 30.8 Å². The summed E-state index contributed by atoms with van der Waals surface area (Å²) >= 11 is 0. The molecule has 3 aromatic rings. The number of esters is 1. The Balaban J connectivity index is 0.000000712. The Morgan fingerprint density at radius 2 is 1.24 bits per heavy atom. The molecule has 0 unspecified atom stereocenters. The first kappa shape index (κ1) is 32.5. The van der Waals surface area contributed by atoms with Gasteiger partial charge < -0.3 is 16.9 Å². The van der Waals surface area contributed by atoms with E-state index >= 15 is 0 Å². The summed E-state index contributed by atoms with van der Waals surface area (Å²) in [6.07, 6.45) is 1.98. The molecule has 0 aromatic heterocycles. The number of aryl methyl sites for hydroxylation is 4. The van der Waals surface area contributed by atoms with Crippen molar-refractivity contribution in [1.82, 2.24) is 0 Å². The van der Waals surface area contributed by atoms with Crippen LogP contribution in [0.5, 0.6) is 0 Å². The Morgan fingerprint density at radius 3 is 1.66 bits per heavy atom. The molecule has 0 saturated heterocycles. The summed E-state index contributed by atoms with van der Waals surface area (Å²) in [7, 11) is 1.39. The molecular formula is C32H37N2NiO3-. The molecule has 0 spiro atoms. The van der Waals surface area contributed by atoms with Gasteiger partial charge in [0.2, 0.25) is 5.90 Å². The first-order valence-corrected chi connectivity index (χ1v) is 12.0. The first-order chi connectivity index (χ1) is 17.2. The second-order valence-corrected chi connectivity index (χ2v) is 9.05. The third-order valence-corrected chi connectivity index (χ3v) is 5.75. The van der Waals surface area contributed by atoms with Crippen LogP contribution in [0.3, 0.4) is 0 Å². The number of rotatable bonds is 4. The summed E-state index contributed by atoms with van der Waals surface area (Å²) in [5, 5.41) is 0. The van der Waals surface area contributed by atoms with Crippen molar-refractivity contribution in [2.45, 2.75) is 41.5 Å². The van der Waals surface area contributed by atoms with Crippen LogP contribution in [0.2, 0.25) is 0 Å². The van der Waals surface area contributed by atoms with E-state index < -0.39 is 0 Å². The fourth-order valence-electron chi connectivity index (χ4n) is 3.70. The van der Waals surface area contributed by atoms with Gasteiger partial charge in [-0.3, -0.25) is 4.79 Å². The smallest absolute Gasteiger partial charge is 0.308 e. The molecule has 1 heterocycles. The van der Waals surface area contributed by atoms with Gasteiger partial charge in [-0.05, 0) is 49.9 Å². The maximum absolute atomic E-state index is 10.3. The van der Waals surface area contributed by atoms with Gasteiger partial charge in [0.1, 0.15) is 11.5 Å². The van der Waals surface area contributed by atoms with Crippen molar-refractivity contribution in [2.75, 3.05) is 7.11 Å². The van der Waals surface area contributed by atoms with E-state index in [9.17, 15) is 4.79 Å². The average Bonchev–Trinajstić information content (AvgIpc) is 3.26. The predicted octanol–water partition coefficient (Wildman–Crippen LogP) is 8.06. The van der Waals surface area contributed by atoms with Crippen LogP contribution >= 0.6 is 0 Å². The van der Waals surface area contributed by atoms with E-state index in [1.54, 1.807) is 13.8 Å². The molecule has 1 aliphatic heterocycles. The minimum Gasteiger partial charge on any atom is -0.469 e. The second kappa shape index (κ2) is 15.0. The van der Waals surface area contributed by atoms with Gasteiger partial charge in [-0.1, -0.05) is 80.6 Å². The van der Waals surface area contributed by atoms with Crippen LogP contribution < -0.4 is 0 Å². The van der Waals surface area contributed by atoms with Crippen LogP contribution in [-0.4, -0.2) is 24.7 Å². The topological polar surface area (TPSA) is 60.2 Å². The van der Waals surface area contributed by atoms with Gasteiger partial charge in [0.05, 0.1) is 24.4 Å². The summed E-state index contributed by atoms with van der Waals surface area (Å²) < 4.78 is 10.6. The number of nitrogens with zero attached hydrogens (tertiary/aromatic N) is 2. The molecule has 204 valence electrons. The number of aliphatic imine (C=N–C) groups is 2. The van der Waals surface area contributed by atoms with Crippen molar-refractivity contribution in [1.29, 1.82) is 0 Å². The Kier molecular flexibility index (Phi) is 12.9. The number of methoxy groups -OCH3 is 1. The van der Waals surface area contributed by atoms with E-state index in [0.717, 1.165) is 50.7 Å². The summed E-state index contributed by atoms with van der Waals surface area (Å²) in [5.41, 5.74) is 8.12. The van der Waals surface area contributed by atoms with Crippen LogP contribution in [0.15, 0.2) is 82.8 Å². The molecule has 0 atom stereocenters. The van der Waals surface area contributed by atoms with Crippen LogP contribution in [0.4, 0.5) is 11.4 Å². The Labute approximate surface area is 237 Å². The Bertz CT molecular complexity index is 1290. The SMILES string of the molecule is COC(=O)C(C)C.Cc1cccc(C)c1N=C1C=C(c2ccccc2)OC1=Nc1c(C)cccc1C.[CH3-].[Ni]. The van der Waals surface area contributed by atoms with Gasteiger partial charge in [0.15, 0.2) is 0 Å². The molecule has 0 aliphatic carbocycles. The number of carbonyl (C=O) groups excluding carboxylic acids is 1. The zero-order chi connectivity index (χ0) is 26.2. The minimum absolute atomic E-state index is 0. The van der Waals surface area contributed by atoms with E-state index in [-0.39, 0.29) is 35.8 Å². The summed E-state index contributed by atoms with van der Waals surface area (Å²) in [6, 6.07) is 22.4. The van der Waals surface area contributed by atoms with E-state index in [1.165, 1.54) is 7.11 Å². The van der Waals surface area contributed by atoms with E-state index in [4.69, 9.17) is 14.7 Å². The third-order valence-electron chi connectivity index (χ3n) is 5.75. The van der Waals surface area contributed by atoms with Crippen LogP contribution in [0, 0.1) is 41.0 Å². The molecule has 0 amide bonds. The first-order valence-electron chi connectivity index (χ1n) is 12.0. The normalized spacial score (nSPS) is 14.1. The number of benzene rings is 3. The monoisotopic (exact) mass is 555 g/mol. The number of hydrogen-bond acceptors (Lipinski definition) is 5. The third kappa shape index (κ3) is 8.26. The van der Waals surface area contributed by atoms with Gasteiger partial charge >= 0.3 is 5.97 Å². The number of para-hydroxylation sites is 2. The number of carbonyl (C=O) groups is 1. The fraction of sp³-hybridized carbons (Fsp3) is 0.250. The van der Waals surface area contributed by atoms with Crippen molar-refractivity contribution in [3.05, 3.63) is 108 Å². The van der Waals surface area contributed by atoms with Crippen LogP contribution in [-0.2, 0) is 30.8 Å². The Morgan fingerprint density at radius 1 is 0.763 bits per heavy atom. The molecule has 0 radical (unpaired) electrons. The zero-order valence-corrected chi connectivity index (χ0v) is 24.4. The second-order valence-electron chi connectivity index (χ2n) is 9.05. The molecule has 1 aliphatic rings. The average molecular weight is 556 g/mol. The number of hydrogen-bond donors (Lipinski definition) is 0. The molecule has 38 heavy (non-hydrogen) atoms. The standard InChI is InChI=1S/C26H24N2O.C5H10O2.CH3.Ni/c1-17-10-8-11-18(2)24(17)27-22-16-23(21-14-6-5-7-15-21)29-26(22)28-25-19(3)12-9-13-20(25)4;1-4(2)5(6)7-3;;/h5-16H,1-4H3;4H,1-3H3;1H3;/q;;-1;. The van der Waals surface area contributed by atoms with Gasteiger partial charge in [-0.25, -0.2) is 9.98 Å². The molecular weight excluding hydrogens is 519 g/mol.